The van der Waals surface area contributed by atoms with E-state index in [2.05, 4.69) is 5.32 Å². The van der Waals surface area contributed by atoms with Gasteiger partial charge in [0, 0.05) is 13.1 Å². The maximum absolute atomic E-state index is 12.8. The van der Waals surface area contributed by atoms with E-state index < -0.39 is 30.0 Å². The van der Waals surface area contributed by atoms with Gasteiger partial charge in [-0.25, -0.2) is 0 Å². The second-order valence-corrected chi connectivity index (χ2v) is 8.40. The average Bonchev–Trinajstić information content (AvgIpc) is 3.24. The van der Waals surface area contributed by atoms with Crippen molar-refractivity contribution in [1.29, 1.82) is 0 Å². The normalized spacial score (nSPS) is 30.5. The van der Waals surface area contributed by atoms with E-state index in [4.69, 9.17) is 9.47 Å². The van der Waals surface area contributed by atoms with Gasteiger partial charge in [0.15, 0.2) is 6.61 Å². The molecule has 2 amide bonds. The van der Waals surface area contributed by atoms with Crippen LogP contribution in [0.15, 0.2) is 24.3 Å². The Kier molecular flexibility index (Phi) is 5.65. The molecule has 6 nitrogen and oxygen atoms in total. The molecule has 1 unspecified atom stereocenters. The number of hydrogen-bond donors (Lipinski definition) is 1. The summed E-state index contributed by atoms with van der Waals surface area (Å²) in [5.41, 5.74) is 1.10. The molecule has 1 N–H and O–H groups in total. The largest absolute Gasteiger partial charge is 0.484 e. The number of nitrogens with zero attached hydrogens (tertiary/aromatic N) is 1. The number of piperidine rings is 1. The highest BCUT2D eigenvalue weighted by Gasteiger charge is 2.67. The fraction of sp³-hybridized carbons (Fsp3) is 0.619. The number of hydrogen-bond acceptors (Lipinski definition) is 4. The van der Waals surface area contributed by atoms with Gasteiger partial charge in [-0.3, -0.25) is 9.59 Å². The van der Waals surface area contributed by atoms with E-state index in [1.807, 2.05) is 19.1 Å². The molecule has 0 bridgehead atoms. The summed E-state index contributed by atoms with van der Waals surface area (Å²) in [5, 5.41) is 2.83. The number of benzene rings is 1. The molecule has 0 radical (unpaired) electrons. The van der Waals surface area contributed by atoms with Crippen LogP contribution in [-0.4, -0.2) is 61.3 Å². The van der Waals surface area contributed by atoms with Crippen molar-refractivity contribution in [3.8, 4) is 5.75 Å². The Morgan fingerprint density at radius 3 is 2.40 bits per heavy atom. The van der Waals surface area contributed by atoms with Gasteiger partial charge in [0.1, 0.15) is 11.9 Å². The third kappa shape index (κ3) is 4.55. The molecule has 3 fully saturated rings. The highest BCUT2D eigenvalue weighted by Crippen LogP contribution is 2.59. The topological polar surface area (TPSA) is 67.9 Å². The van der Waals surface area contributed by atoms with Gasteiger partial charge in [0.05, 0.1) is 18.6 Å². The van der Waals surface area contributed by atoms with Crippen LogP contribution in [0.3, 0.4) is 0 Å². The maximum Gasteiger partial charge on any atom is 0.392 e. The quantitative estimate of drug-likeness (QED) is 0.785. The smallest absolute Gasteiger partial charge is 0.392 e. The zero-order valence-corrected chi connectivity index (χ0v) is 16.7. The number of alkyl halides is 3. The van der Waals surface area contributed by atoms with E-state index >= 15 is 0 Å². The Hall–Kier alpha value is -2.29. The molecule has 5 atom stereocenters. The lowest BCUT2D eigenvalue weighted by atomic mass is 10.0. The Morgan fingerprint density at radius 1 is 1.17 bits per heavy atom. The van der Waals surface area contributed by atoms with Crippen LogP contribution < -0.4 is 10.1 Å². The van der Waals surface area contributed by atoms with Gasteiger partial charge in [-0.1, -0.05) is 17.7 Å². The zero-order valence-electron chi connectivity index (χ0n) is 16.7. The first kappa shape index (κ1) is 21.0. The van der Waals surface area contributed by atoms with Crippen LogP contribution in [0.1, 0.15) is 18.4 Å². The highest BCUT2D eigenvalue weighted by molar-refractivity contribution is 5.82. The second-order valence-electron chi connectivity index (χ2n) is 8.40. The molecule has 1 aromatic carbocycles. The van der Waals surface area contributed by atoms with E-state index in [0.717, 1.165) is 5.56 Å². The molecule has 4 rings (SSSR count). The van der Waals surface area contributed by atoms with E-state index in [1.54, 1.807) is 12.1 Å². The number of carbonyl (C=O) groups excluding carboxylic acids is 2. The summed E-state index contributed by atoms with van der Waals surface area (Å²) in [4.78, 5) is 26.1. The molecule has 0 spiro atoms. The number of fused-ring (bicyclic) bond motifs is 1. The first-order valence-electron chi connectivity index (χ1n) is 10.2. The van der Waals surface area contributed by atoms with Crippen LogP contribution in [0.2, 0.25) is 0 Å². The zero-order chi connectivity index (χ0) is 21.5. The van der Waals surface area contributed by atoms with Crippen molar-refractivity contribution in [3.05, 3.63) is 29.8 Å². The van der Waals surface area contributed by atoms with Gasteiger partial charge in [-0.15, -0.1) is 0 Å². The molecule has 1 saturated carbocycles. The Bertz CT molecular complexity index is 778. The second kappa shape index (κ2) is 8.09. The van der Waals surface area contributed by atoms with Crippen molar-refractivity contribution in [2.24, 2.45) is 17.8 Å². The molecule has 1 aromatic rings. The lowest BCUT2D eigenvalue weighted by molar-refractivity contribution is -0.162. The number of rotatable bonds is 5. The van der Waals surface area contributed by atoms with E-state index in [0.29, 0.717) is 18.6 Å². The summed E-state index contributed by atoms with van der Waals surface area (Å²) >= 11 is 0. The van der Waals surface area contributed by atoms with Crippen molar-refractivity contribution in [2.45, 2.75) is 38.1 Å². The van der Waals surface area contributed by atoms with E-state index in [9.17, 15) is 22.8 Å². The van der Waals surface area contributed by atoms with Gasteiger partial charge in [-0.05, 0) is 43.7 Å². The minimum atomic E-state index is -4.17. The van der Waals surface area contributed by atoms with Crippen LogP contribution in [0.4, 0.5) is 13.2 Å². The van der Waals surface area contributed by atoms with Gasteiger partial charge < -0.3 is 19.7 Å². The van der Waals surface area contributed by atoms with Gasteiger partial charge in [0.25, 0.3) is 11.8 Å². The van der Waals surface area contributed by atoms with Crippen LogP contribution in [0.25, 0.3) is 0 Å². The first-order chi connectivity index (χ1) is 14.2. The van der Waals surface area contributed by atoms with Crippen LogP contribution in [0, 0.1) is 24.7 Å². The van der Waals surface area contributed by atoms with Crippen molar-refractivity contribution in [2.75, 3.05) is 26.3 Å². The summed E-state index contributed by atoms with van der Waals surface area (Å²) in [6.07, 6.45) is -3.82. The lowest BCUT2D eigenvalue weighted by Crippen LogP contribution is -2.49. The van der Waals surface area contributed by atoms with Crippen molar-refractivity contribution < 1.29 is 32.2 Å². The molecule has 2 aliphatic heterocycles. The number of amides is 2. The molecule has 1 aliphatic carbocycles. The van der Waals surface area contributed by atoms with Crippen molar-refractivity contribution in [3.63, 3.8) is 0 Å². The fourth-order valence-corrected chi connectivity index (χ4v) is 4.51. The molecule has 2 saturated heterocycles. The molecule has 164 valence electrons. The predicted molar refractivity (Wildman–Crippen MR) is 101 cm³/mol. The molecule has 0 aromatic heterocycles. The minimum absolute atomic E-state index is 0.112. The Balaban J connectivity index is 1.16. The summed E-state index contributed by atoms with van der Waals surface area (Å²) in [6, 6.07) is 7.16. The maximum atomic E-state index is 12.8. The Morgan fingerprint density at radius 2 is 1.83 bits per heavy atom. The first-order valence-corrected chi connectivity index (χ1v) is 10.2. The highest BCUT2D eigenvalue weighted by atomic mass is 19.4. The van der Waals surface area contributed by atoms with E-state index in [1.165, 1.54) is 4.90 Å². The molecule has 3 aliphatic rings. The van der Waals surface area contributed by atoms with Crippen molar-refractivity contribution in [1.82, 2.24) is 10.2 Å². The van der Waals surface area contributed by atoms with Gasteiger partial charge in [0.2, 0.25) is 0 Å². The number of nitrogens with one attached hydrogen (secondary N) is 1. The summed E-state index contributed by atoms with van der Waals surface area (Å²) in [5.74, 6) is -2.08. The summed E-state index contributed by atoms with van der Waals surface area (Å²) < 4.78 is 49.4. The third-order valence-corrected chi connectivity index (χ3v) is 6.19. The number of likely N-dealkylation sites (tertiary alicyclic amines) is 1. The Labute approximate surface area is 172 Å². The predicted octanol–water partition coefficient (Wildman–Crippen LogP) is 2.30. The fourth-order valence-electron chi connectivity index (χ4n) is 4.51. The van der Waals surface area contributed by atoms with Crippen LogP contribution in [-0.2, 0) is 14.3 Å². The molecule has 2 heterocycles. The molecular formula is C21H25F3N2O4. The van der Waals surface area contributed by atoms with Crippen LogP contribution >= 0.6 is 0 Å². The van der Waals surface area contributed by atoms with Crippen molar-refractivity contribution >= 4 is 11.8 Å². The average molecular weight is 426 g/mol. The standard InChI is InChI=1S/C21H25F3N2O4/c1-12-2-5-14(6-3-12)29-11-18(27)25-13-4-7-17(30-10-13)20(28)26-8-15-16(9-26)19(15)21(22,23)24/h2-3,5-6,13,15-17,19H,4,7-11H2,1H3,(H,25,27)/t13-,15-,16+,17+,19?/m0/s1. The van der Waals surface area contributed by atoms with Crippen LogP contribution in [0.5, 0.6) is 5.75 Å². The SMILES string of the molecule is Cc1ccc(OCC(=O)N[C@H]2CC[C@H](C(=O)N3C[C@@H]4C(C(F)(F)F)[C@@H]4C3)OC2)cc1. The summed E-state index contributed by atoms with van der Waals surface area (Å²) in [7, 11) is 0. The number of carbonyl (C=O) groups is 2. The van der Waals surface area contributed by atoms with E-state index in [-0.39, 0.29) is 44.2 Å². The number of halogens is 3. The lowest BCUT2D eigenvalue weighted by Gasteiger charge is -2.32. The summed E-state index contributed by atoms with van der Waals surface area (Å²) in [6.45, 7) is 2.36. The third-order valence-electron chi connectivity index (χ3n) is 6.19. The monoisotopic (exact) mass is 426 g/mol. The molecule has 30 heavy (non-hydrogen) atoms. The number of aryl methyl sites for hydroxylation is 1. The molecule has 9 heteroatoms. The van der Waals surface area contributed by atoms with Gasteiger partial charge >= 0.3 is 6.18 Å². The number of ether oxygens (including phenoxy) is 2. The van der Waals surface area contributed by atoms with Gasteiger partial charge in [-0.2, -0.15) is 13.2 Å². The molecular weight excluding hydrogens is 401 g/mol. The minimum Gasteiger partial charge on any atom is -0.484 e.